The van der Waals surface area contributed by atoms with E-state index in [-0.39, 0.29) is 28.7 Å². The van der Waals surface area contributed by atoms with Crippen LogP contribution in [0.5, 0.6) is 0 Å². The van der Waals surface area contributed by atoms with E-state index in [1.54, 1.807) is 11.0 Å². The maximum atomic E-state index is 15.4. The Bertz CT molecular complexity index is 1230. The summed E-state index contributed by atoms with van der Waals surface area (Å²) in [7, 11) is 0. The fraction of sp³-hybridized carbons (Fsp3) is 0.500. The van der Waals surface area contributed by atoms with E-state index in [1.807, 2.05) is 4.57 Å². The number of benzene rings is 1. The Balaban J connectivity index is 1.62. The van der Waals surface area contributed by atoms with Gasteiger partial charge in [-0.15, -0.1) is 0 Å². The van der Waals surface area contributed by atoms with Gasteiger partial charge in [0.15, 0.2) is 5.78 Å². The number of nitrogens with two attached hydrogens (primary N) is 1. The van der Waals surface area contributed by atoms with Crippen LogP contribution in [0.25, 0.3) is 5.69 Å². The molecule has 0 bridgehead atoms. The Kier molecular flexibility index (Phi) is 5.30. The van der Waals surface area contributed by atoms with Crippen LogP contribution in [0, 0.1) is 11.2 Å². The molecule has 1 atom stereocenters. The van der Waals surface area contributed by atoms with E-state index in [1.165, 1.54) is 13.0 Å². The molecule has 7 nitrogen and oxygen atoms in total. The molecule has 0 radical (unpaired) electrons. The lowest BCUT2D eigenvalue weighted by Crippen LogP contribution is -2.30. The molecule has 1 aromatic carbocycles. The predicted molar refractivity (Wildman–Crippen MR) is 127 cm³/mol. The van der Waals surface area contributed by atoms with Crippen LogP contribution in [-0.4, -0.2) is 46.2 Å². The summed E-state index contributed by atoms with van der Waals surface area (Å²) in [6, 6.07) is 3.01. The molecule has 1 aliphatic heterocycles. The summed E-state index contributed by atoms with van der Waals surface area (Å²) in [6.07, 6.45) is 4.57. The van der Waals surface area contributed by atoms with Crippen LogP contribution in [0.2, 0.25) is 0 Å². The lowest BCUT2D eigenvalue weighted by Gasteiger charge is -2.30. The molecular formula is C26H31FN4O3. The van der Waals surface area contributed by atoms with E-state index in [9.17, 15) is 14.4 Å². The van der Waals surface area contributed by atoms with Crippen molar-refractivity contribution in [1.29, 1.82) is 0 Å². The molecule has 1 aromatic heterocycles. The van der Waals surface area contributed by atoms with Gasteiger partial charge < -0.3 is 20.5 Å². The number of Topliss-reactive ketones (excluding diaryl/α,β-unsaturated/α-hetero) is 1. The van der Waals surface area contributed by atoms with Gasteiger partial charge in [0.2, 0.25) is 5.91 Å². The highest BCUT2D eigenvalue weighted by Gasteiger charge is 2.39. The van der Waals surface area contributed by atoms with Gasteiger partial charge in [0.1, 0.15) is 5.82 Å². The molecule has 0 saturated carbocycles. The number of nitrogens with zero attached hydrogens (tertiary/aromatic N) is 2. The third kappa shape index (κ3) is 3.69. The first-order valence-electron chi connectivity index (χ1n) is 12.0. The molecule has 1 fully saturated rings. The first kappa shape index (κ1) is 22.6. The molecule has 3 aliphatic rings. The molecule has 8 heteroatoms. The number of halogens is 1. The number of amides is 2. The molecular weight excluding hydrogens is 435 g/mol. The van der Waals surface area contributed by atoms with Crippen molar-refractivity contribution >= 4 is 23.3 Å². The van der Waals surface area contributed by atoms with Gasteiger partial charge in [-0.25, -0.2) is 4.39 Å². The highest BCUT2D eigenvalue weighted by atomic mass is 19.1. The number of carbonyl (C=O) groups is 3. The van der Waals surface area contributed by atoms with Crippen LogP contribution in [0.4, 0.5) is 10.1 Å². The average molecular weight is 467 g/mol. The van der Waals surface area contributed by atoms with E-state index in [0.29, 0.717) is 37.3 Å². The zero-order valence-electron chi connectivity index (χ0n) is 20.0. The standard InChI is InChI=1S/C26H31FN4O3/c1-14(32)30-8-7-15(13-30)29-19-10-16(9-18(27)24(19)25(28)34)31-20-6-4-5-17(20)23-21(31)11-26(2,3)12-22(23)33/h9-10,15,29H,4-8,11-13H2,1-3H3,(H2,28,34). The molecule has 2 amide bonds. The molecule has 1 saturated heterocycles. The second kappa shape index (κ2) is 7.96. The minimum atomic E-state index is -0.843. The number of hydrogen-bond acceptors (Lipinski definition) is 4. The Morgan fingerprint density at radius 1 is 1.18 bits per heavy atom. The molecule has 2 aliphatic carbocycles. The van der Waals surface area contributed by atoms with E-state index < -0.39 is 11.7 Å². The number of ketones is 1. The lowest BCUT2D eigenvalue weighted by atomic mass is 9.75. The Hall–Kier alpha value is -3.16. The molecule has 0 spiro atoms. The van der Waals surface area contributed by atoms with Crippen LogP contribution in [-0.2, 0) is 24.1 Å². The predicted octanol–water partition coefficient (Wildman–Crippen LogP) is 3.39. The van der Waals surface area contributed by atoms with E-state index in [2.05, 4.69) is 19.2 Å². The van der Waals surface area contributed by atoms with Gasteiger partial charge in [0.25, 0.3) is 5.91 Å². The second-order valence-electron chi connectivity index (χ2n) is 10.7. The monoisotopic (exact) mass is 466 g/mol. The normalized spacial score (nSPS) is 20.9. The fourth-order valence-electron chi connectivity index (χ4n) is 6.01. The molecule has 3 N–H and O–H groups in total. The van der Waals surface area contributed by atoms with Crippen LogP contribution in [0.3, 0.4) is 0 Å². The van der Waals surface area contributed by atoms with Gasteiger partial charge in [-0.05, 0) is 55.2 Å². The molecule has 180 valence electrons. The summed E-state index contributed by atoms with van der Waals surface area (Å²) in [5.41, 5.74) is 10.0. The summed E-state index contributed by atoms with van der Waals surface area (Å²) in [5, 5.41) is 3.28. The zero-order valence-corrected chi connectivity index (χ0v) is 20.0. The quantitative estimate of drug-likeness (QED) is 0.722. The first-order chi connectivity index (χ1) is 16.1. The highest BCUT2D eigenvalue weighted by molar-refractivity contribution is 6.01. The lowest BCUT2D eigenvalue weighted by molar-refractivity contribution is -0.127. The van der Waals surface area contributed by atoms with Gasteiger partial charge >= 0.3 is 0 Å². The number of carbonyl (C=O) groups excluding carboxylic acids is 3. The summed E-state index contributed by atoms with van der Waals surface area (Å²) < 4.78 is 17.4. The van der Waals surface area contributed by atoms with Crippen LogP contribution < -0.4 is 11.1 Å². The van der Waals surface area contributed by atoms with Gasteiger partial charge in [-0.2, -0.15) is 0 Å². The number of aromatic nitrogens is 1. The van der Waals surface area contributed by atoms with Crippen LogP contribution in [0.1, 0.15) is 77.7 Å². The minimum absolute atomic E-state index is 0.0128. The van der Waals surface area contributed by atoms with Crippen molar-refractivity contribution in [2.75, 3.05) is 18.4 Å². The number of likely N-dealkylation sites (tertiary alicyclic amines) is 1. The fourth-order valence-corrected chi connectivity index (χ4v) is 6.01. The highest BCUT2D eigenvalue weighted by Crippen LogP contribution is 2.43. The van der Waals surface area contributed by atoms with Crippen molar-refractivity contribution in [1.82, 2.24) is 9.47 Å². The first-order valence-corrected chi connectivity index (χ1v) is 12.0. The van der Waals surface area contributed by atoms with Gasteiger partial charge in [0.05, 0.1) is 16.9 Å². The number of fused-ring (bicyclic) bond motifs is 3. The second-order valence-corrected chi connectivity index (χ2v) is 10.7. The maximum Gasteiger partial charge on any atom is 0.253 e. The van der Waals surface area contributed by atoms with Gasteiger partial charge in [-0.1, -0.05) is 13.8 Å². The van der Waals surface area contributed by atoms with E-state index in [4.69, 9.17) is 5.73 Å². The van der Waals surface area contributed by atoms with Crippen molar-refractivity contribution < 1.29 is 18.8 Å². The SMILES string of the molecule is CC(=O)N1CCC(Nc2cc(-n3c4c(c5c3CC(C)(C)CC5=O)CCC4)cc(F)c2C(N)=O)C1. The molecule has 5 rings (SSSR count). The van der Waals surface area contributed by atoms with E-state index >= 15 is 4.39 Å². The van der Waals surface area contributed by atoms with Crippen molar-refractivity contribution in [2.24, 2.45) is 11.1 Å². The van der Waals surface area contributed by atoms with Crippen molar-refractivity contribution in [3.63, 3.8) is 0 Å². The van der Waals surface area contributed by atoms with Crippen LogP contribution >= 0.6 is 0 Å². The summed E-state index contributed by atoms with van der Waals surface area (Å²) in [5.74, 6) is -1.39. The Labute approximate surface area is 198 Å². The molecule has 2 heterocycles. The minimum Gasteiger partial charge on any atom is -0.380 e. The Morgan fingerprint density at radius 2 is 1.94 bits per heavy atom. The number of primary amides is 1. The number of nitrogens with one attached hydrogen (secondary N) is 1. The average Bonchev–Trinajstić information content (AvgIpc) is 3.41. The van der Waals surface area contributed by atoms with Gasteiger partial charge in [-0.3, -0.25) is 14.4 Å². The molecule has 34 heavy (non-hydrogen) atoms. The number of hydrogen-bond donors (Lipinski definition) is 2. The Morgan fingerprint density at radius 3 is 2.62 bits per heavy atom. The largest absolute Gasteiger partial charge is 0.380 e. The molecule has 2 aromatic rings. The summed E-state index contributed by atoms with van der Waals surface area (Å²) in [6.45, 7) is 6.78. The van der Waals surface area contributed by atoms with Gasteiger partial charge in [0, 0.05) is 49.4 Å². The van der Waals surface area contributed by atoms with Crippen molar-refractivity contribution in [3.05, 3.63) is 46.0 Å². The maximum absolute atomic E-state index is 15.4. The summed E-state index contributed by atoms with van der Waals surface area (Å²) >= 11 is 0. The third-order valence-electron chi connectivity index (χ3n) is 7.46. The van der Waals surface area contributed by atoms with Crippen molar-refractivity contribution in [2.45, 2.75) is 65.3 Å². The topological polar surface area (TPSA) is 97.4 Å². The van der Waals surface area contributed by atoms with Crippen molar-refractivity contribution in [3.8, 4) is 5.69 Å². The number of anilines is 1. The number of rotatable bonds is 4. The smallest absolute Gasteiger partial charge is 0.253 e. The zero-order chi connectivity index (χ0) is 24.4. The summed E-state index contributed by atoms with van der Waals surface area (Å²) in [4.78, 5) is 38.7. The van der Waals surface area contributed by atoms with E-state index in [0.717, 1.165) is 48.2 Å². The van der Waals surface area contributed by atoms with Crippen LogP contribution in [0.15, 0.2) is 12.1 Å². The third-order valence-corrected chi connectivity index (χ3v) is 7.46. The molecule has 1 unspecified atom stereocenters.